The van der Waals surface area contributed by atoms with Crippen molar-refractivity contribution in [1.82, 2.24) is 15.3 Å². The van der Waals surface area contributed by atoms with Crippen molar-refractivity contribution < 1.29 is 14.3 Å². The number of hydrogen-bond donors (Lipinski definition) is 2. The van der Waals surface area contributed by atoms with Crippen molar-refractivity contribution in [3.63, 3.8) is 0 Å². The molecule has 0 saturated heterocycles. The van der Waals surface area contributed by atoms with Gasteiger partial charge in [-0.05, 0) is 38.5 Å². The van der Waals surface area contributed by atoms with Crippen molar-refractivity contribution in [2.24, 2.45) is 0 Å². The van der Waals surface area contributed by atoms with Crippen LogP contribution in [0.15, 0.2) is 30.6 Å². The minimum Gasteiger partial charge on any atom is -0.493 e. The van der Waals surface area contributed by atoms with Gasteiger partial charge in [0.2, 0.25) is 0 Å². The van der Waals surface area contributed by atoms with Crippen LogP contribution < -0.4 is 20.5 Å². The Balaban J connectivity index is 2.16. The Morgan fingerprint density at radius 2 is 1.88 bits per heavy atom. The molecule has 0 aliphatic heterocycles. The Bertz CT molecular complexity index is 719. The summed E-state index contributed by atoms with van der Waals surface area (Å²) < 4.78 is 11.1. The third kappa shape index (κ3) is 4.13. The van der Waals surface area contributed by atoms with Crippen LogP contribution in [-0.4, -0.2) is 29.1 Å². The molecule has 3 N–H and O–H groups in total. The topological polar surface area (TPSA) is 99.4 Å². The van der Waals surface area contributed by atoms with Gasteiger partial charge in [0.05, 0.1) is 19.3 Å². The van der Waals surface area contributed by atoms with Crippen molar-refractivity contribution in [1.29, 1.82) is 0 Å². The Labute approximate surface area is 141 Å². The highest BCUT2D eigenvalue weighted by atomic mass is 16.5. The predicted octanol–water partition coefficient (Wildman–Crippen LogP) is 2.35. The molecule has 24 heavy (non-hydrogen) atoms. The third-order valence-corrected chi connectivity index (χ3v) is 3.34. The van der Waals surface area contributed by atoms with Gasteiger partial charge in [0.1, 0.15) is 0 Å². The number of ether oxygens (including phenoxy) is 2. The molecule has 1 atom stereocenters. The van der Waals surface area contributed by atoms with E-state index in [9.17, 15) is 4.79 Å². The molecule has 1 amide bonds. The predicted molar refractivity (Wildman–Crippen MR) is 91.1 cm³/mol. The molecule has 0 saturated carbocycles. The molecular weight excluding hydrogens is 308 g/mol. The van der Waals surface area contributed by atoms with Crippen molar-refractivity contribution in [2.45, 2.75) is 32.9 Å². The molecule has 7 heteroatoms. The summed E-state index contributed by atoms with van der Waals surface area (Å²) in [6, 6.07) is 5.28. The molecule has 1 aromatic carbocycles. The molecule has 128 valence electrons. The molecule has 0 radical (unpaired) electrons. The average molecular weight is 330 g/mol. The van der Waals surface area contributed by atoms with Crippen LogP contribution in [0.1, 0.15) is 42.9 Å². The Kier molecular flexibility index (Phi) is 5.57. The van der Waals surface area contributed by atoms with Crippen LogP contribution in [0.3, 0.4) is 0 Å². The van der Waals surface area contributed by atoms with E-state index in [0.717, 1.165) is 5.56 Å². The maximum Gasteiger partial charge on any atom is 0.274 e. The minimum absolute atomic E-state index is 0.0431. The van der Waals surface area contributed by atoms with E-state index in [0.29, 0.717) is 11.5 Å². The maximum absolute atomic E-state index is 12.3. The lowest BCUT2D eigenvalue weighted by molar-refractivity contribution is 0.0935. The summed E-state index contributed by atoms with van der Waals surface area (Å²) in [7, 11) is 1.58. The first-order valence-corrected chi connectivity index (χ1v) is 7.64. The number of nitrogens with zero attached hydrogens (tertiary/aromatic N) is 2. The molecule has 0 fully saturated rings. The third-order valence-electron chi connectivity index (χ3n) is 3.34. The lowest BCUT2D eigenvalue weighted by atomic mass is 10.1. The lowest BCUT2D eigenvalue weighted by Crippen LogP contribution is -2.28. The number of methoxy groups -OCH3 is 1. The number of benzene rings is 1. The summed E-state index contributed by atoms with van der Waals surface area (Å²) >= 11 is 0. The number of carbonyl (C=O) groups excluding carboxylic acids is 1. The molecule has 7 nitrogen and oxygen atoms in total. The van der Waals surface area contributed by atoms with Gasteiger partial charge in [0.15, 0.2) is 23.0 Å². The largest absolute Gasteiger partial charge is 0.493 e. The van der Waals surface area contributed by atoms with Gasteiger partial charge in [0.25, 0.3) is 5.91 Å². The second-order valence-corrected chi connectivity index (χ2v) is 5.56. The molecule has 2 aromatic rings. The van der Waals surface area contributed by atoms with Crippen LogP contribution in [-0.2, 0) is 0 Å². The summed E-state index contributed by atoms with van der Waals surface area (Å²) in [6.07, 6.45) is 2.91. The summed E-state index contributed by atoms with van der Waals surface area (Å²) in [5, 5.41) is 2.85. The number of nitrogen functional groups attached to an aromatic ring is 1. The quantitative estimate of drug-likeness (QED) is 0.843. The smallest absolute Gasteiger partial charge is 0.274 e. The number of nitrogens with two attached hydrogens (primary N) is 1. The van der Waals surface area contributed by atoms with Crippen molar-refractivity contribution >= 4 is 11.7 Å². The first kappa shape index (κ1) is 17.5. The zero-order valence-corrected chi connectivity index (χ0v) is 14.2. The van der Waals surface area contributed by atoms with E-state index in [1.54, 1.807) is 7.11 Å². The molecule has 2 rings (SSSR count). The number of nitrogens with one attached hydrogen (secondary N) is 1. The van der Waals surface area contributed by atoms with Gasteiger partial charge >= 0.3 is 0 Å². The summed E-state index contributed by atoms with van der Waals surface area (Å²) in [6.45, 7) is 5.76. The van der Waals surface area contributed by atoms with Gasteiger partial charge < -0.3 is 20.5 Å². The zero-order chi connectivity index (χ0) is 17.7. The summed E-state index contributed by atoms with van der Waals surface area (Å²) in [4.78, 5) is 20.1. The van der Waals surface area contributed by atoms with Gasteiger partial charge in [-0.25, -0.2) is 9.97 Å². The van der Waals surface area contributed by atoms with Crippen LogP contribution >= 0.6 is 0 Å². The second kappa shape index (κ2) is 7.63. The van der Waals surface area contributed by atoms with Crippen molar-refractivity contribution in [2.75, 3.05) is 12.8 Å². The highest BCUT2D eigenvalue weighted by Gasteiger charge is 2.17. The van der Waals surface area contributed by atoms with E-state index < -0.39 is 0 Å². The standard InChI is InChI=1S/C17H22N4O3/c1-10(2)24-13-6-5-12(9-14(13)23-4)11(3)21-17(22)15-16(18)20-8-7-19-15/h5-11H,1-4H3,(H2,18,20)(H,21,22)/t11-/m0/s1. The Morgan fingerprint density at radius 1 is 1.17 bits per heavy atom. The number of hydrogen-bond acceptors (Lipinski definition) is 6. The molecule has 1 heterocycles. The zero-order valence-electron chi connectivity index (χ0n) is 14.2. The van der Waals surface area contributed by atoms with E-state index in [1.807, 2.05) is 39.0 Å². The van der Waals surface area contributed by atoms with Crippen LogP contribution in [0.2, 0.25) is 0 Å². The van der Waals surface area contributed by atoms with Gasteiger partial charge in [-0.15, -0.1) is 0 Å². The van der Waals surface area contributed by atoms with E-state index in [2.05, 4.69) is 15.3 Å². The lowest BCUT2D eigenvalue weighted by Gasteiger charge is -2.18. The average Bonchev–Trinajstić information content (AvgIpc) is 2.54. The van der Waals surface area contributed by atoms with E-state index in [1.165, 1.54) is 12.4 Å². The highest BCUT2D eigenvalue weighted by Crippen LogP contribution is 2.31. The van der Waals surface area contributed by atoms with Gasteiger partial charge in [0, 0.05) is 12.4 Å². The van der Waals surface area contributed by atoms with Gasteiger partial charge in [-0.1, -0.05) is 6.07 Å². The first-order chi connectivity index (χ1) is 11.4. The second-order valence-electron chi connectivity index (χ2n) is 5.56. The minimum atomic E-state index is -0.380. The van der Waals surface area contributed by atoms with E-state index in [4.69, 9.17) is 15.2 Å². The van der Waals surface area contributed by atoms with Crippen LogP contribution in [0.4, 0.5) is 5.82 Å². The van der Waals surface area contributed by atoms with Crippen LogP contribution in [0.5, 0.6) is 11.5 Å². The maximum atomic E-state index is 12.3. The monoisotopic (exact) mass is 330 g/mol. The Morgan fingerprint density at radius 3 is 2.50 bits per heavy atom. The summed E-state index contributed by atoms with van der Waals surface area (Å²) in [5.74, 6) is 0.990. The van der Waals surface area contributed by atoms with Crippen molar-refractivity contribution in [3.8, 4) is 11.5 Å². The Hall–Kier alpha value is -2.83. The number of anilines is 1. The first-order valence-electron chi connectivity index (χ1n) is 7.64. The number of amides is 1. The number of aromatic nitrogens is 2. The molecule has 1 aromatic heterocycles. The van der Waals surface area contributed by atoms with Crippen LogP contribution in [0.25, 0.3) is 0 Å². The normalized spacial score (nSPS) is 11.9. The van der Waals surface area contributed by atoms with E-state index >= 15 is 0 Å². The molecule has 0 unspecified atom stereocenters. The fourth-order valence-electron chi connectivity index (χ4n) is 2.18. The number of carbonyl (C=O) groups is 1. The van der Waals surface area contributed by atoms with Gasteiger partial charge in [-0.2, -0.15) is 0 Å². The molecule has 0 spiro atoms. The fraction of sp³-hybridized carbons (Fsp3) is 0.353. The van der Waals surface area contributed by atoms with E-state index in [-0.39, 0.29) is 29.6 Å². The highest BCUT2D eigenvalue weighted by molar-refractivity contribution is 5.96. The fourth-order valence-corrected chi connectivity index (χ4v) is 2.18. The van der Waals surface area contributed by atoms with Crippen LogP contribution in [0, 0.1) is 0 Å². The molecule has 0 aliphatic carbocycles. The molecular formula is C17H22N4O3. The van der Waals surface area contributed by atoms with Crippen molar-refractivity contribution in [3.05, 3.63) is 41.9 Å². The number of rotatable bonds is 6. The van der Waals surface area contributed by atoms with Gasteiger partial charge in [-0.3, -0.25) is 4.79 Å². The molecule has 0 bridgehead atoms. The SMILES string of the molecule is COc1cc([C@H](C)NC(=O)c2nccnc2N)ccc1OC(C)C. The summed E-state index contributed by atoms with van der Waals surface area (Å²) in [5.41, 5.74) is 6.66. The molecule has 0 aliphatic rings.